The SMILES string of the molecule is N#Cc1c(OC(F)(F)F)cc(Cl)nc1Br. The molecule has 0 fully saturated rings. The predicted molar refractivity (Wildman–Crippen MR) is 48.3 cm³/mol. The molecule has 0 saturated carbocycles. The minimum Gasteiger partial charge on any atom is -0.404 e. The molecule has 15 heavy (non-hydrogen) atoms. The number of ether oxygens (including phenoxy) is 1. The molecule has 1 rings (SSSR count). The number of hydrogen-bond donors (Lipinski definition) is 0. The summed E-state index contributed by atoms with van der Waals surface area (Å²) >= 11 is 8.21. The molecule has 1 aromatic rings. The Bertz CT molecular complexity index is 429. The van der Waals surface area contributed by atoms with Crippen molar-refractivity contribution in [2.45, 2.75) is 6.36 Å². The van der Waals surface area contributed by atoms with Crippen molar-refractivity contribution in [1.82, 2.24) is 4.98 Å². The van der Waals surface area contributed by atoms with Gasteiger partial charge in [-0.25, -0.2) is 4.98 Å². The maximum Gasteiger partial charge on any atom is 0.573 e. The van der Waals surface area contributed by atoms with Crippen molar-refractivity contribution >= 4 is 27.5 Å². The second-order valence-corrected chi connectivity index (χ2v) is 3.41. The van der Waals surface area contributed by atoms with Gasteiger partial charge in [0.25, 0.3) is 0 Å². The molecule has 1 aromatic heterocycles. The van der Waals surface area contributed by atoms with Crippen molar-refractivity contribution in [3.8, 4) is 11.8 Å². The number of rotatable bonds is 1. The maximum atomic E-state index is 11.9. The molecule has 1 heterocycles. The number of pyridine rings is 1. The summed E-state index contributed by atoms with van der Waals surface area (Å²) < 4.78 is 39.2. The summed E-state index contributed by atoms with van der Waals surface area (Å²) in [4.78, 5) is 3.55. The molecule has 0 spiro atoms. The molecular weight excluding hydrogens is 300 g/mol. The minimum absolute atomic E-state index is 0.100. The number of halogens is 5. The quantitative estimate of drug-likeness (QED) is 0.748. The molecule has 0 aliphatic rings. The van der Waals surface area contributed by atoms with Crippen LogP contribution in [-0.2, 0) is 0 Å². The van der Waals surface area contributed by atoms with Gasteiger partial charge in [0.2, 0.25) is 0 Å². The van der Waals surface area contributed by atoms with Crippen molar-refractivity contribution in [2.75, 3.05) is 0 Å². The lowest BCUT2D eigenvalue weighted by atomic mass is 10.3. The Morgan fingerprint density at radius 3 is 2.60 bits per heavy atom. The molecule has 0 unspecified atom stereocenters. The summed E-state index contributed by atoms with van der Waals surface area (Å²) in [6.45, 7) is 0. The van der Waals surface area contributed by atoms with E-state index in [4.69, 9.17) is 16.9 Å². The van der Waals surface area contributed by atoms with Crippen LogP contribution in [0.1, 0.15) is 5.56 Å². The van der Waals surface area contributed by atoms with Crippen LogP contribution in [0.25, 0.3) is 0 Å². The van der Waals surface area contributed by atoms with Crippen molar-refractivity contribution < 1.29 is 17.9 Å². The topological polar surface area (TPSA) is 45.9 Å². The third kappa shape index (κ3) is 3.25. The molecule has 0 atom stereocenters. The summed E-state index contributed by atoms with van der Waals surface area (Å²) in [5, 5.41) is 8.37. The molecule has 0 radical (unpaired) electrons. The van der Waals surface area contributed by atoms with Crippen LogP contribution < -0.4 is 4.74 Å². The highest BCUT2D eigenvalue weighted by Gasteiger charge is 2.33. The molecular formula is C7HBrClF3N2O. The van der Waals surface area contributed by atoms with Crippen molar-refractivity contribution in [3.63, 3.8) is 0 Å². The van der Waals surface area contributed by atoms with E-state index in [0.717, 1.165) is 6.07 Å². The standard InChI is InChI=1S/C7HBrClF3N2O/c8-6-3(2-13)4(1-5(9)14-6)15-7(10,11)12/h1H. The van der Waals surface area contributed by atoms with Gasteiger partial charge in [-0.2, -0.15) is 5.26 Å². The molecule has 80 valence electrons. The zero-order valence-corrected chi connectivity index (χ0v) is 9.11. The van der Waals surface area contributed by atoms with Crippen molar-refractivity contribution in [3.05, 3.63) is 21.4 Å². The lowest BCUT2D eigenvalue weighted by Crippen LogP contribution is -2.18. The van der Waals surface area contributed by atoms with E-state index in [0.29, 0.717) is 0 Å². The molecule has 0 aliphatic carbocycles. The van der Waals surface area contributed by atoms with Gasteiger partial charge >= 0.3 is 6.36 Å². The molecule has 0 aromatic carbocycles. The van der Waals surface area contributed by atoms with Gasteiger partial charge in [-0.05, 0) is 15.9 Å². The fourth-order valence-corrected chi connectivity index (χ4v) is 1.53. The summed E-state index contributed by atoms with van der Waals surface area (Å²) in [7, 11) is 0. The Kier molecular flexibility index (Phi) is 3.42. The fraction of sp³-hybridized carbons (Fsp3) is 0.143. The average molecular weight is 301 g/mol. The summed E-state index contributed by atoms with van der Waals surface area (Å²) in [5.74, 6) is -0.683. The Balaban J connectivity index is 3.23. The van der Waals surface area contributed by atoms with Crippen LogP contribution in [0.5, 0.6) is 5.75 Å². The molecule has 0 bridgehead atoms. The van der Waals surface area contributed by atoms with Gasteiger partial charge in [0.05, 0.1) is 0 Å². The summed E-state index contributed by atoms with van der Waals surface area (Å²) in [5.41, 5.74) is -0.364. The molecule has 8 heteroatoms. The molecule has 0 saturated heterocycles. The lowest BCUT2D eigenvalue weighted by molar-refractivity contribution is -0.274. The predicted octanol–water partition coefficient (Wildman–Crippen LogP) is 3.27. The van der Waals surface area contributed by atoms with E-state index < -0.39 is 12.1 Å². The minimum atomic E-state index is -4.88. The third-order valence-corrected chi connectivity index (χ3v) is 2.01. The Morgan fingerprint density at radius 1 is 1.53 bits per heavy atom. The molecule has 0 aliphatic heterocycles. The van der Waals surface area contributed by atoms with Gasteiger partial charge in [0, 0.05) is 6.07 Å². The first-order chi connectivity index (χ1) is 6.83. The Hall–Kier alpha value is -1.00. The van der Waals surface area contributed by atoms with Crippen molar-refractivity contribution in [1.29, 1.82) is 5.26 Å². The van der Waals surface area contributed by atoms with E-state index in [1.165, 1.54) is 6.07 Å². The monoisotopic (exact) mass is 300 g/mol. The smallest absolute Gasteiger partial charge is 0.404 e. The van der Waals surface area contributed by atoms with Crippen LogP contribution in [0.4, 0.5) is 13.2 Å². The lowest BCUT2D eigenvalue weighted by Gasteiger charge is -2.10. The van der Waals surface area contributed by atoms with Gasteiger partial charge in [-0.1, -0.05) is 11.6 Å². The highest BCUT2D eigenvalue weighted by Crippen LogP contribution is 2.31. The number of nitrogens with zero attached hydrogens (tertiary/aromatic N) is 2. The zero-order valence-electron chi connectivity index (χ0n) is 6.77. The molecule has 0 amide bonds. The third-order valence-electron chi connectivity index (χ3n) is 1.25. The number of aromatic nitrogens is 1. The normalized spacial score (nSPS) is 10.9. The van der Waals surface area contributed by atoms with Gasteiger partial charge in [-0.15, -0.1) is 13.2 Å². The van der Waals surface area contributed by atoms with E-state index in [2.05, 4.69) is 25.7 Å². The van der Waals surface area contributed by atoms with Gasteiger partial charge in [0.15, 0.2) is 5.75 Å². The Morgan fingerprint density at radius 2 is 2.13 bits per heavy atom. The first-order valence-electron chi connectivity index (χ1n) is 3.35. The fourth-order valence-electron chi connectivity index (χ4n) is 0.770. The molecule has 0 N–H and O–H groups in total. The van der Waals surface area contributed by atoms with E-state index in [-0.39, 0.29) is 15.3 Å². The van der Waals surface area contributed by atoms with E-state index in [1.54, 1.807) is 0 Å². The van der Waals surface area contributed by atoms with Crippen LogP contribution in [0.2, 0.25) is 5.15 Å². The first-order valence-corrected chi connectivity index (χ1v) is 4.52. The van der Waals surface area contributed by atoms with Gasteiger partial charge in [-0.3, -0.25) is 0 Å². The van der Waals surface area contributed by atoms with E-state index in [1.807, 2.05) is 0 Å². The Labute approximate surface area is 95.6 Å². The second kappa shape index (κ2) is 4.24. The summed E-state index contributed by atoms with van der Waals surface area (Å²) in [6.07, 6.45) is -4.88. The maximum absolute atomic E-state index is 11.9. The average Bonchev–Trinajstić information content (AvgIpc) is 1.99. The van der Waals surface area contributed by atoms with E-state index >= 15 is 0 Å². The number of hydrogen-bond acceptors (Lipinski definition) is 3. The largest absolute Gasteiger partial charge is 0.573 e. The van der Waals surface area contributed by atoms with Gasteiger partial charge < -0.3 is 4.74 Å². The van der Waals surface area contributed by atoms with Crippen LogP contribution in [-0.4, -0.2) is 11.3 Å². The van der Waals surface area contributed by atoms with Crippen LogP contribution >= 0.6 is 27.5 Å². The second-order valence-electron chi connectivity index (χ2n) is 2.27. The number of alkyl halides is 3. The summed E-state index contributed by atoms with van der Waals surface area (Å²) in [6, 6.07) is 2.34. The highest BCUT2D eigenvalue weighted by molar-refractivity contribution is 9.10. The van der Waals surface area contributed by atoms with Crippen LogP contribution in [0.15, 0.2) is 10.7 Å². The van der Waals surface area contributed by atoms with E-state index in [9.17, 15) is 13.2 Å². The van der Waals surface area contributed by atoms with Crippen molar-refractivity contribution in [2.24, 2.45) is 0 Å². The first kappa shape index (κ1) is 12.1. The zero-order chi connectivity index (χ0) is 11.6. The number of nitriles is 1. The van der Waals surface area contributed by atoms with Crippen LogP contribution in [0.3, 0.4) is 0 Å². The highest BCUT2D eigenvalue weighted by atomic mass is 79.9. The molecule has 3 nitrogen and oxygen atoms in total. The van der Waals surface area contributed by atoms with Crippen LogP contribution in [0, 0.1) is 11.3 Å². The van der Waals surface area contributed by atoms with Gasteiger partial charge in [0.1, 0.15) is 21.4 Å².